The minimum Gasteiger partial charge on any atom is -0.494 e. The van der Waals surface area contributed by atoms with E-state index in [0.717, 1.165) is 28.3 Å². The third-order valence-electron chi connectivity index (χ3n) is 5.49. The van der Waals surface area contributed by atoms with E-state index in [9.17, 15) is 9.59 Å². The zero-order valence-electron chi connectivity index (χ0n) is 18.0. The minimum atomic E-state index is -0.792. The molecule has 158 valence electrons. The van der Waals surface area contributed by atoms with Gasteiger partial charge in [-0.25, -0.2) is 0 Å². The van der Waals surface area contributed by atoms with Crippen molar-refractivity contribution in [3.8, 4) is 5.75 Å². The number of amides is 2. The fraction of sp³-hybridized carbons (Fsp3) is 0.240. The quantitative estimate of drug-likeness (QED) is 0.645. The maximum absolute atomic E-state index is 13.6. The van der Waals surface area contributed by atoms with Gasteiger partial charge in [-0.05, 0) is 56.2 Å². The van der Waals surface area contributed by atoms with E-state index < -0.39 is 6.04 Å². The van der Waals surface area contributed by atoms with Crippen molar-refractivity contribution in [1.29, 1.82) is 0 Å². The predicted octanol–water partition coefficient (Wildman–Crippen LogP) is 3.72. The highest BCUT2D eigenvalue weighted by atomic mass is 16.5. The third-order valence-corrected chi connectivity index (χ3v) is 5.49. The molecule has 2 amide bonds. The van der Waals surface area contributed by atoms with Crippen LogP contribution in [0.4, 0.5) is 11.4 Å². The summed E-state index contributed by atoms with van der Waals surface area (Å²) < 4.78 is 7.36. The lowest BCUT2D eigenvalue weighted by Crippen LogP contribution is -2.58. The van der Waals surface area contributed by atoms with Gasteiger partial charge in [0.15, 0.2) is 6.20 Å². The fourth-order valence-corrected chi connectivity index (χ4v) is 4.00. The molecule has 1 aliphatic heterocycles. The van der Waals surface area contributed by atoms with Crippen LogP contribution in [0.2, 0.25) is 0 Å². The van der Waals surface area contributed by atoms with Crippen molar-refractivity contribution < 1.29 is 18.9 Å². The van der Waals surface area contributed by atoms with Gasteiger partial charge in [-0.1, -0.05) is 24.3 Å². The van der Waals surface area contributed by atoms with E-state index >= 15 is 0 Å². The molecular formula is C25H26N3O3+. The first kappa shape index (κ1) is 20.6. The second kappa shape index (κ2) is 8.60. The summed E-state index contributed by atoms with van der Waals surface area (Å²) in [6.07, 6.45) is 1.84. The summed E-state index contributed by atoms with van der Waals surface area (Å²) in [5.41, 5.74) is 4.15. The Morgan fingerprint density at radius 2 is 1.77 bits per heavy atom. The fourth-order valence-electron chi connectivity index (χ4n) is 4.00. The number of fused-ring (bicyclic) bond motifs is 1. The van der Waals surface area contributed by atoms with Crippen LogP contribution in [0.3, 0.4) is 0 Å². The highest BCUT2D eigenvalue weighted by Crippen LogP contribution is 2.32. The molecule has 0 aliphatic carbocycles. The van der Waals surface area contributed by atoms with E-state index in [-0.39, 0.29) is 18.4 Å². The number of carbonyl (C=O) groups is 2. The Hall–Kier alpha value is -3.67. The lowest BCUT2D eigenvalue weighted by molar-refractivity contribution is -0.695. The van der Waals surface area contributed by atoms with Gasteiger partial charge in [0, 0.05) is 23.5 Å². The van der Waals surface area contributed by atoms with Crippen molar-refractivity contribution in [2.45, 2.75) is 33.4 Å². The smallest absolute Gasteiger partial charge is 0.294 e. The minimum absolute atomic E-state index is 0.144. The van der Waals surface area contributed by atoms with Crippen LogP contribution in [0.5, 0.6) is 5.75 Å². The number of aromatic nitrogens is 1. The summed E-state index contributed by atoms with van der Waals surface area (Å²) in [5, 5.41) is 3.07. The maximum atomic E-state index is 13.6. The Kier molecular flexibility index (Phi) is 5.71. The van der Waals surface area contributed by atoms with Gasteiger partial charge in [-0.2, -0.15) is 4.57 Å². The summed E-state index contributed by atoms with van der Waals surface area (Å²) in [6.45, 7) is 6.58. The molecule has 6 heteroatoms. The molecular weight excluding hydrogens is 390 g/mol. The molecule has 1 N–H and O–H groups in total. The number of nitrogens with zero attached hydrogens (tertiary/aromatic N) is 2. The monoisotopic (exact) mass is 416 g/mol. The Bertz CT molecular complexity index is 1100. The summed E-state index contributed by atoms with van der Waals surface area (Å²) in [6, 6.07) is 18.0. The molecule has 2 aromatic carbocycles. The molecule has 0 fully saturated rings. The normalized spacial score (nSPS) is 15.4. The third kappa shape index (κ3) is 4.01. The number of pyridine rings is 1. The largest absolute Gasteiger partial charge is 0.494 e. The topological polar surface area (TPSA) is 62.5 Å². The molecule has 0 saturated heterocycles. The Morgan fingerprint density at radius 1 is 1.06 bits per heavy atom. The summed E-state index contributed by atoms with van der Waals surface area (Å²) >= 11 is 0. The van der Waals surface area contributed by atoms with E-state index in [4.69, 9.17) is 4.74 Å². The van der Waals surface area contributed by atoms with Crippen LogP contribution in [-0.4, -0.2) is 18.4 Å². The SMILES string of the molecule is CCOc1ccc(N2C(=O)C[n+]3ccccc3C2C(=O)Nc2c(C)cccc2C)cc1. The summed E-state index contributed by atoms with van der Waals surface area (Å²) in [5.74, 6) is 0.329. The highest BCUT2D eigenvalue weighted by Gasteiger charge is 2.43. The number of para-hydroxylation sites is 1. The van der Waals surface area contributed by atoms with Crippen LogP contribution < -0.4 is 19.5 Å². The Morgan fingerprint density at radius 3 is 2.45 bits per heavy atom. The molecule has 1 aliphatic rings. The molecule has 3 aromatic rings. The van der Waals surface area contributed by atoms with E-state index in [1.165, 1.54) is 0 Å². The summed E-state index contributed by atoms with van der Waals surface area (Å²) in [7, 11) is 0. The second-order valence-electron chi connectivity index (χ2n) is 7.60. The van der Waals surface area contributed by atoms with Crippen LogP contribution in [0.1, 0.15) is 29.8 Å². The van der Waals surface area contributed by atoms with Gasteiger partial charge < -0.3 is 10.1 Å². The average Bonchev–Trinajstić information content (AvgIpc) is 2.76. The van der Waals surface area contributed by atoms with Crippen molar-refractivity contribution in [2.75, 3.05) is 16.8 Å². The number of benzene rings is 2. The first-order chi connectivity index (χ1) is 15.0. The molecule has 0 spiro atoms. The Labute approximate surface area is 182 Å². The van der Waals surface area contributed by atoms with Crippen LogP contribution in [0, 0.1) is 13.8 Å². The van der Waals surface area contributed by atoms with Crippen LogP contribution in [-0.2, 0) is 16.1 Å². The van der Waals surface area contributed by atoms with Crippen molar-refractivity contribution in [3.05, 3.63) is 83.7 Å². The zero-order chi connectivity index (χ0) is 22.0. The number of hydrogen-bond donors (Lipinski definition) is 1. The molecule has 31 heavy (non-hydrogen) atoms. The number of rotatable bonds is 5. The molecule has 2 heterocycles. The van der Waals surface area contributed by atoms with Crippen LogP contribution in [0.15, 0.2) is 66.9 Å². The zero-order valence-corrected chi connectivity index (χ0v) is 18.0. The number of carbonyl (C=O) groups excluding carboxylic acids is 2. The molecule has 0 saturated carbocycles. The van der Waals surface area contributed by atoms with Gasteiger partial charge in [0.2, 0.25) is 18.3 Å². The van der Waals surface area contributed by atoms with E-state index in [2.05, 4.69) is 5.32 Å². The lowest BCUT2D eigenvalue weighted by atomic mass is 10.0. The molecule has 1 unspecified atom stereocenters. The first-order valence-corrected chi connectivity index (χ1v) is 10.4. The van der Waals surface area contributed by atoms with E-state index in [1.807, 2.05) is 92.2 Å². The van der Waals surface area contributed by atoms with Gasteiger partial charge in [-0.15, -0.1) is 0 Å². The van der Waals surface area contributed by atoms with Gasteiger partial charge in [0.1, 0.15) is 5.75 Å². The predicted molar refractivity (Wildman–Crippen MR) is 119 cm³/mol. The number of anilines is 2. The van der Waals surface area contributed by atoms with Crippen molar-refractivity contribution in [1.82, 2.24) is 0 Å². The van der Waals surface area contributed by atoms with Crippen LogP contribution in [0.25, 0.3) is 0 Å². The molecule has 1 atom stereocenters. The van der Waals surface area contributed by atoms with E-state index in [1.54, 1.807) is 4.90 Å². The van der Waals surface area contributed by atoms with E-state index in [0.29, 0.717) is 12.3 Å². The molecule has 4 rings (SSSR count). The van der Waals surface area contributed by atoms with Crippen molar-refractivity contribution in [2.24, 2.45) is 0 Å². The molecule has 6 nitrogen and oxygen atoms in total. The molecule has 1 aromatic heterocycles. The van der Waals surface area contributed by atoms with Gasteiger partial charge in [0.05, 0.1) is 6.61 Å². The van der Waals surface area contributed by atoms with Gasteiger partial charge in [-0.3, -0.25) is 14.5 Å². The first-order valence-electron chi connectivity index (χ1n) is 10.4. The summed E-state index contributed by atoms with van der Waals surface area (Å²) in [4.78, 5) is 28.3. The number of ether oxygens (including phenoxy) is 1. The number of nitrogens with one attached hydrogen (secondary N) is 1. The lowest BCUT2D eigenvalue weighted by Gasteiger charge is -2.32. The standard InChI is InChI=1S/C25H25N3O3/c1-4-31-20-13-11-19(12-14-20)28-22(29)16-27-15-6-5-10-21(27)24(28)25(30)26-23-17(2)8-7-9-18(23)3/h5-15,24H,4,16H2,1-3H3/p+1. The number of hydrogen-bond acceptors (Lipinski definition) is 3. The maximum Gasteiger partial charge on any atom is 0.294 e. The van der Waals surface area contributed by atoms with Gasteiger partial charge >= 0.3 is 0 Å². The number of aryl methyl sites for hydroxylation is 2. The van der Waals surface area contributed by atoms with Crippen LogP contribution >= 0.6 is 0 Å². The van der Waals surface area contributed by atoms with Gasteiger partial charge in [0.25, 0.3) is 11.8 Å². The highest BCUT2D eigenvalue weighted by molar-refractivity contribution is 6.05. The van der Waals surface area contributed by atoms with Crippen molar-refractivity contribution in [3.63, 3.8) is 0 Å². The average molecular weight is 417 g/mol. The molecule has 0 radical (unpaired) electrons. The Balaban J connectivity index is 1.76. The second-order valence-corrected chi connectivity index (χ2v) is 7.60. The molecule has 0 bridgehead atoms. The van der Waals surface area contributed by atoms with Crippen molar-refractivity contribution >= 4 is 23.2 Å².